The van der Waals surface area contributed by atoms with Crippen molar-refractivity contribution in [3.63, 3.8) is 0 Å². The molecule has 2 N–H and O–H groups in total. The molecule has 3 rings (SSSR count). The summed E-state index contributed by atoms with van der Waals surface area (Å²) in [6.07, 6.45) is 1.43. The van der Waals surface area contributed by atoms with Gasteiger partial charge in [-0.15, -0.1) is 0 Å². The Morgan fingerprint density at radius 2 is 1.91 bits per heavy atom. The van der Waals surface area contributed by atoms with E-state index in [1.807, 2.05) is 6.07 Å². The molecular formula is C17H14N2O3. The first kappa shape index (κ1) is 13.9. The summed E-state index contributed by atoms with van der Waals surface area (Å²) in [6.45, 7) is 0. The SMILES string of the molecule is COc1ccc(/C(O)=C\c2nc3ccccc3c(=O)[nH]2)cc1. The van der Waals surface area contributed by atoms with Crippen LogP contribution in [-0.4, -0.2) is 22.2 Å². The maximum atomic E-state index is 12.0. The number of hydrogen-bond acceptors (Lipinski definition) is 4. The number of aromatic amines is 1. The van der Waals surface area contributed by atoms with E-state index in [-0.39, 0.29) is 11.3 Å². The van der Waals surface area contributed by atoms with Crippen molar-refractivity contribution in [2.24, 2.45) is 0 Å². The van der Waals surface area contributed by atoms with Crippen LogP contribution >= 0.6 is 0 Å². The lowest BCUT2D eigenvalue weighted by Crippen LogP contribution is -2.09. The lowest BCUT2D eigenvalue weighted by molar-refractivity contribution is 0.414. The number of aliphatic hydroxyl groups is 1. The van der Waals surface area contributed by atoms with Gasteiger partial charge in [-0.05, 0) is 36.4 Å². The third kappa shape index (κ3) is 2.69. The number of hydrogen-bond donors (Lipinski definition) is 2. The van der Waals surface area contributed by atoms with Crippen molar-refractivity contribution in [2.45, 2.75) is 0 Å². The minimum Gasteiger partial charge on any atom is -0.507 e. The van der Waals surface area contributed by atoms with E-state index < -0.39 is 0 Å². The van der Waals surface area contributed by atoms with Gasteiger partial charge in [-0.3, -0.25) is 4.79 Å². The Balaban J connectivity index is 2.01. The fourth-order valence-corrected chi connectivity index (χ4v) is 2.15. The van der Waals surface area contributed by atoms with Crippen LogP contribution in [0.3, 0.4) is 0 Å². The molecule has 0 saturated heterocycles. The minimum absolute atomic E-state index is 0.0149. The average Bonchev–Trinajstić information content (AvgIpc) is 2.55. The first-order valence-electron chi connectivity index (χ1n) is 6.71. The molecule has 0 saturated carbocycles. The van der Waals surface area contributed by atoms with E-state index >= 15 is 0 Å². The van der Waals surface area contributed by atoms with Crippen molar-refractivity contribution in [1.82, 2.24) is 9.97 Å². The topological polar surface area (TPSA) is 75.2 Å². The summed E-state index contributed by atoms with van der Waals surface area (Å²) in [5.41, 5.74) is 0.955. The molecule has 110 valence electrons. The van der Waals surface area contributed by atoms with Crippen LogP contribution in [0.4, 0.5) is 0 Å². The molecule has 3 aromatic rings. The lowest BCUT2D eigenvalue weighted by Gasteiger charge is -2.03. The second-order valence-electron chi connectivity index (χ2n) is 4.73. The average molecular weight is 294 g/mol. The monoisotopic (exact) mass is 294 g/mol. The van der Waals surface area contributed by atoms with Crippen LogP contribution in [0.5, 0.6) is 5.75 Å². The highest BCUT2D eigenvalue weighted by molar-refractivity contribution is 5.80. The molecule has 1 aromatic heterocycles. The van der Waals surface area contributed by atoms with Crippen molar-refractivity contribution in [1.29, 1.82) is 0 Å². The van der Waals surface area contributed by atoms with Gasteiger partial charge in [0.05, 0.1) is 18.0 Å². The minimum atomic E-state index is -0.237. The maximum Gasteiger partial charge on any atom is 0.259 e. The number of ether oxygens (including phenoxy) is 1. The summed E-state index contributed by atoms with van der Waals surface area (Å²) in [6, 6.07) is 14.0. The first-order valence-corrected chi connectivity index (χ1v) is 6.71. The van der Waals surface area contributed by atoms with E-state index in [0.29, 0.717) is 28.0 Å². The van der Waals surface area contributed by atoms with Crippen molar-refractivity contribution in [3.05, 3.63) is 70.3 Å². The summed E-state index contributed by atoms with van der Waals surface area (Å²) in [4.78, 5) is 18.9. The van der Waals surface area contributed by atoms with Crippen LogP contribution in [0, 0.1) is 0 Å². The van der Waals surface area contributed by atoms with Crippen LogP contribution in [0.1, 0.15) is 11.4 Å². The molecule has 2 aromatic carbocycles. The molecule has 5 heteroatoms. The molecule has 22 heavy (non-hydrogen) atoms. The molecular weight excluding hydrogens is 280 g/mol. The molecule has 0 spiro atoms. The highest BCUT2D eigenvalue weighted by Gasteiger charge is 2.04. The van der Waals surface area contributed by atoms with E-state index in [2.05, 4.69) is 9.97 Å². The quantitative estimate of drug-likeness (QED) is 0.728. The standard InChI is InChI=1S/C17H14N2O3/c1-22-12-8-6-11(7-9-12)15(20)10-16-18-14-5-3-2-4-13(14)17(21)19-16/h2-10,20H,1H3,(H,18,19,21)/b15-10+. The number of nitrogens with one attached hydrogen (secondary N) is 1. The van der Waals surface area contributed by atoms with Gasteiger partial charge in [0, 0.05) is 11.6 Å². The Morgan fingerprint density at radius 3 is 2.64 bits per heavy atom. The molecule has 0 aliphatic rings. The van der Waals surface area contributed by atoms with E-state index in [1.54, 1.807) is 49.6 Å². The Hall–Kier alpha value is -3.08. The first-order chi connectivity index (χ1) is 10.7. The predicted molar refractivity (Wildman–Crippen MR) is 85.9 cm³/mol. The van der Waals surface area contributed by atoms with E-state index in [4.69, 9.17) is 4.74 Å². The maximum absolute atomic E-state index is 12.0. The molecule has 0 aliphatic carbocycles. The van der Waals surface area contributed by atoms with Crippen LogP contribution in [0.25, 0.3) is 22.7 Å². The number of benzene rings is 2. The number of aromatic nitrogens is 2. The number of H-pyrrole nitrogens is 1. The summed E-state index contributed by atoms with van der Waals surface area (Å²) < 4.78 is 5.07. The van der Waals surface area contributed by atoms with Crippen LogP contribution in [-0.2, 0) is 0 Å². The smallest absolute Gasteiger partial charge is 0.259 e. The van der Waals surface area contributed by atoms with Gasteiger partial charge < -0.3 is 14.8 Å². The zero-order valence-electron chi connectivity index (χ0n) is 11.9. The van der Waals surface area contributed by atoms with Crippen LogP contribution in [0.2, 0.25) is 0 Å². The van der Waals surface area contributed by atoms with Gasteiger partial charge in [-0.2, -0.15) is 0 Å². The zero-order chi connectivity index (χ0) is 15.5. The number of fused-ring (bicyclic) bond motifs is 1. The third-order valence-electron chi connectivity index (χ3n) is 3.29. The molecule has 0 atom stereocenters. The summed E-state index contributed by atoms with van der Waals surface area (Å²) in [7, 11) is 1.58. The lowest BCUT2D eigenvalue weighted by atomic mass is 10.1. The second-order valence-corrected chi connectivity index (χ2v) is 4.73. The summed E-state index contributed by atoms with van der Waals surface area (Å²) in [5, 5.41) is 10.7. The fraction of sp³-hybridized carbons (Fsp3) is 0.0588. The number of rotatable bonds is 3. The van der Waals surface area contributed by atoms with Crippen LogP contribution < -0.4 is 10.3 Å². The van der Waals surface area contributed by atoms with E-state index in [1.165, 1.54) is 6.08 Å². The Labute approximate surface area is 126 Å². The Kier molecular flexibility index (Phi) is 3.62. The van der Waals surface area contributed by atoms with Gasteiger partial charge in [0.1, 0.15) is 17.3 Å². The molecule has 0 aliphatic heterocycles. The number of aliphatic hydroxyl groups excluding tert-OH is 1. The van der Waals surface area contributed by atoms with Crippen molar-refractivity contribution < 1.29 is 9.84 Å². The number of nitrogens with zero attached hydrogens (tertiary/aromatic N) is 1. The van der Waals surface area contributed by atoms with Gasteiger partial charge in [0.15, 0.2) is 0 Å². The normalized spacial score (nSPS) is 11.6. The molecule has 5 nitrogen and oxygen atoms in total. The molecule has 1 heterocycles. The van der Waals surface area contributed by atoms with Gasteiger partial charge >= 0.3 is 0 Å². The second kappa shape index (κ2) is 5.73. The van der Waals surface area contributed by atoms with Crippen molar-refractivity contribution in [2.75, 3.05) is 7.11 Å². The van der Waals surface area contributed by atoms with Gasteiger partial charge in [-0.25, -0.2) is 4.98 Å². The number of methoxy groups -OCH3 is 1. The predicted octanol–water partition coefficient (Wildman–Crippen LogP) is 2.99. The van der Waals surface area contributed by atoms with Crippen molar-refractivity contribution >= 4 is 22.7 Å². The zero-order valence-corrected chi connectivity index (χ0v) is 11.9. The summed E-state index contributed by atoms with van der Waals surface area (Å²) in [5.74, 6) is 1.02. The largest absolute Gasteiger partial charge is 0.507 e. The Morgan fingerprint density at radius 1 is 1.18 bits per heavy atom. The van der Waals surface area contributed by atoms with Crippen LogP contribution in [0.15, 0.2) is 53.3 Å². The van der Waals surface area contributed by atoms with Gasteiger partial charge in [-0.1, -0.05) is 12.1 Å². The van der Waals surface area contributed by atoms with Gasteiger partial charge in [0.2, 0.25) is 0 Å². The summed E-state index contributed by atoms with van der Waals surface area (Å²) >= 11 is 0. The highest BCUT2D eigenvalue weighted by Crippen LogP contribution is 2.18. The fourth-order valence-electron chi connectivity index (χ4n) is 2.15. The highest BCUT2D eigenvalue weighted by atomic mass is 16.5. The molecule has 0 radical (unpaired) electrons. The molecule has 0 unspecified atom stereocenters. The molecule has 0 fully saturated rings. The third-order valence-corrected chi connectivity index (χ3v) is 3.29. The number of para-hydroxylation sites is 1. The van der Waals surface area contributed by atoms with E-state index in [0.717, 1.165) is 0 Å². The molecule has 0 bridgehead atoms. The Bertz CT molecular complexity index is 896. The van der Waals surface area contributed by atoms with Gasteiger partial charge in [0.25, 0.3) is 5.56 Å². The van der Waals surface area contributed by atoms with Crippen molar-refractivity contribution in [3.8, 4) is 5.75 Å². The van der Waals surface area contributed by atoms with E-state index in [9.17, 15) is 9.90 Å². The molecule has 0 amide bonds.